The second-order valence-corrected chi connectivity index (χ2v) is 7.89. The molecule has 0 spiro atoms. The largest absolute Gasteiger partial charge is 0.376 e. The van der Waals surface area contributed by atoms with E-state index in [9.17, 15) is 0 Å². The average molecular weight is 382 g/mol. The number of likely N-dealkylation sites (N-methyl/N-ethyl adjacent to an activating group) is 1. The molecular weight excluding hydrogens is 338 g/mol. The number of nitrogens with one attached hydrogen (secondary N) is 2. The Morgan fingerprint density at radius 1 is 0.926 bits per heavy atom. The zero-order valence-electron chi connectivity index (χ0n) is 17.8. The molecule has 1 saturated carbocycles. The maximum atomic E-state index is 6.03. The molecule has 0 atom stereocenters. The van der Waals surface area contributed by atoms with E-state index in [4.69, 9.17) is 4.74 Å². The highest BCUT2D eigenvalue weighted by Gasteiger charge is 2.14. The van der Waals surface area contributed by atoms with Gasteiger partial charge in [-0.1, -0.05) is 32.6 Å². The highest BCUT2D eigenvalue weighted by molar-refractivity contribution is 5.79. The van der Waals surface area contributed by atoms with Crippen molar-refractivity contribution < 1.29 is 4.74 Å². The second kappa shape index (κ2) is 14.2. The quantitative estimate of drug-likeness (QED) is 0.263. The Bertz CT molecular complexity index is 388. The van der Waals surface area contributed by atoms with Crippen LogP contribution in [-0.2, 0) is 4.74 Å². The van der Waals surface area contributed by atoms with Gasteiger partial charge >= 0.3 is 0 Å². The van der Waals surface area contributed by atoms with Crippen LogP contribution in [0.5, 0.6) is 0 Å². The molecule has 0 bridgehead atoms. The lowest BCUT2D eigenvalue weighted by atomic mass is 10.1. The Morgan fingerprint density at radius 2 is 1.59 bits per heavy atom. The Balaban J connectivity index is 1.44. The number of piperazine rings is 1. The van der Waals surface area contributed by atoms with Gasteiger partial charge in [0.2, 0.25) is 0 Å². The first-order valence-corrected chi connectivity index (χ1v) is 11.3. The molecule has 2 N–H and O–H groups in total. The third-order valence-electron chi connectivity index (χ3n) is 5.88. The third kappa shape index (κ3) is 9.77. The highest BCUT2D eigenvalue weighted by atomic mass is 16.5. The topological polar surface area (TPSA) is 52.1 Å². The summed E-state index contributed by atoms with van der Waals surface area (Å²) in [6, 6.07) is 0. The van der Waals surface area contributed by atoms with Crippen molar-refractivity contribution in [2.24, 2.45) is 4.99 Å². The van der Waals surface area contributed by atoms with E-state index in [-0.39, 0.29) is 0 Å². The van der Waals surface area contributed by atoms with Gasteiger partial charge in [0.05, 0.1) is 12.7 Å². The second-order valence-electron chi connectivity index (χ2n) is 7.89. The van der Waals surface area contributed by atoms with E-state index in [1.165, 1.54) is 90.6 Å². The van der Waals surface area contributed by atoms with Gasteiger partial charge in [-0.25, -0.2) is 0 Å². The minimum atomic E-state index is 0.475. The lowest BCUT2D eigenvalue weighted by Gasteiger charge is -2.34. The molecular formula is C21H43N5O. The summed E-state index contributed by atoms with van der Waals surface area (Å²) in [6.45, 7) is 12.2. The number of guanidine groups is 1. The fourth-order valence-corrected chi connectivity index (χ4v) is 4.02. The highest BCUT2D eigenvalue weighted by Crippen LogP contribution is 2.19. The molecule has 0 amide bonds. The molecule has 0 aromatic rings. The first-order valence-electron chi connectivity index (χ1n) is 11.3. The van der Waals surface area contributed by atoms with Crippen LogP contribution in [0.3, 0.4) is 0 Å². The van der Waals surface area contributed by atoms with Crippen LogP contribution in [0.1, 0.15) is 58.3 Å². The molecule has 0 radical (unpaired) electrons. The van der Waals surface area contributed by atoms with Crippen molar-refractivity contribution in [1.29, 1.82) is 0 Å². The van der Waals surface area contributed by atoms with Crippen molar-refractivity contribution >= 4 is 5.96 Å². The molecule has 0 aromatic carbocycles. The normalized spacial score (nSPS) is 21.2. The van der Waals surface area contributed by atoms with Crippen molar-refractivity contribution in [3.8, 4) is 0 Å². The first kappa shape index (κ1) is 22.4. The van der Waals surface area contributed by atoms with Gasteiger partial charge < -0.3 is 25.2 Å². The van der Waals surface area contributed by atoms with Crippen LogP contribution in [0.25, 0.3) is 0 Å². The number of ether oxygens (including phenoxy) is 1. The zero-order valence-corrected chi connectivity index (χ0v) is 17.8. The van der Waals surface area contributed by atoms with Gasteiger partial charge in [-0.3, -0.25) is 4.99 Å². The third-order valence-corrected chi connectivity index (χ3v) is 5.88. The molecule has 2 fully saturated rings. The molecule has 2 aliphatic rings. The Morgan fingerprint density at radius 3 is 2.26 bits per heavy atom. The summed E-state index contributed by atoms with van der Waals surface area (Å²) < 4.78 is 6.03. The monoisotopic (exact) mass is 381 g/mol. The van der Waals surface area contributed by atoms with E-state index >= 15 is 0 Å². The van der Waals surface area contributed by atoms with Crippen LogP contribution in [0, 0.1) is 0 Å². The lowest BCUT2D eigenvalue weighted by molar-refractivity contribution is 0.0468. The lowest BCUT2D eigenvalue weighted by Crippen LogP contribution is -2.46. The summed E-state index contributed by atoms with van der Waals surface area (Å²) in [5, 5.41) is 6.80. The summed E-state index contributed by atoms with van der Waals surface area (Å²) in [7, 11) is 1.84. The van der Waals surface area contributed by atoms with Crippen LogP contribution in [0.15, 0.2) is 4.99 Å². The number of aliphatic imine (C=N–C) groups is 1. The summed E-state index contributed by atoms with van der Waals surface area (Å²) in [5.74, 6) is 0.899. The van der Waals surface area contributed by atoms with Crippen molar-refractivity contribution in [2.45, 2.75) is 64.4 Å². The zero-order chi connectivity index (χ0) is 19.2. The predicted octanol–water partition coefficient (Wildman–Crippen LogP) is 2.31. The maximum Gasteiger partial charge on any atom is 0.191 e. The smallest absolute Gasteiger partial charge is 0.191 e. The van der Waals surface area contributed by atoms with Gasteiger partial charge in [0.1, 0.15) is 0 Å². The van der Waals surface area contributed by atoms with E-state index in [1.807, 2.05) is 7.05 Å². The minimum absolute atomic E-state index is 0.475. The van der Waals surface area contributed by atoms with Crippen LogP contribution >= 0.6 is 0 Å². The number of rotatable bonds is 10. The molecule has 1 heterocycles. The van der Waals surface area contributed by atoms with Crippen LogP contribution in [0.4, 0.5) is 0 Å². The summed E-state index contributed by atoms with van der Waals surface area (Å²) in [4.78, 5) is 9.45. The Hall–Kier alpha value is -0.850. The van der Waals surface area contributed by atoms with Crippen molar-refractivity contribution in [1.82, 2.24) is 20.4 Å². The van der Waals surface area contributed by atoms with Gasteiger partial charge in [-0.05, 0) is 38.8 Å². The Labute approximate surface area is 167 Å². The van der Waals surface area contributed by atoms with Crippen LogP contribution in [-0.4, -0.2) is 87.9 Å². The van der Waals surface area contributed by atoms with E-state index in [0.29, 0.717) is 6.10 Å². The predicted molar refractivity (Wildman–Crippen MR) is 115 cm³/mol. The van der Waals surface area contributed by atoms with Crippen molar-refractivity contribution in [3.63, 3.8) is 0 Å². The molecule has 1 saturated heterocycles. The molecule has 158 valence electrons. The minimum Gasteiger partial charge on any atom is -0.376 e. The molecule has 1 aliphatic carbocycles. The summed E-state index contributed by atoms with van der Waals surface area (Å²) in [5.41, 5.74) is 0. The standard InChI is InChI=1S/C21H43N5O/c1-3-25-15-17-26(18-16-25)14-9-8-12-23-21(22-2)24-13-19-27-20-10-6-4-5-7-11-20/h20H,3-19H2,1-2H3,(H2,22,23,24). The van der Waals surface area contributed by atoms with Gasteiger partial charge in [0, 0.05) is 46.3 Å². The van der Waals surface area contributed by atoms with Crippen molar-refractivity contribution in [2.75, 3.05) is 66.0 Å². The van der Waals surface area contributed by atoms with E-state index in [2.05, 4.69) is 32.3 Å². The fourth-order valence-electron chi connectivity index (χ4n) is 4.02. The van der Waals surface area contributed by atoms with Crippen molar-refractivity contribution in [3.05, 3.63) is 0 Å². The molecule has 6 nitrogen and oxygen atoms in total. The molecule has 1 aliphatic heterocycles. The first-order chi connectivity index (χ1) is 13.3. The molecule has 27 heavy (non-hydrogen) atoms. The SMILES string of the molecule is CCN1CCN(CCCCNC(=NC)NCCOC2CCCCCC2)CC1. The number of nitrogens with zero attached hydrogens (tertiary/aromatic N) is 3. The van der Waals surface area contributed by atoms with Crippen LogP contribution in [0.2, 0.25) is 0 Å². The summed E-state index contributed by atoms with van der Waals surface area (Å²) in [6.07, 6.45) is 10.8. The number of hydrogen-bond acceptors (Lipinski definition) is 4. The van der Waals surface area contributed by atoms with E-state index in [0.717, 1.165) is 25.7 Å². The van der Waals surface area contributed by atoms with Gasteiger partial charge in [0.25, 0.3) is 0 Å². The average Bonchev–Trinajstić information content (AvgIpc) is 2.98. The summed E-state index contributed by atoms with van der Waals surface area (Å²) >= 11 is 0. The Kier molecular flexibility index (Phi) is 11.8. The van der Waals surface area contributed by atoms with Gasteiger partial charge in [-0.15, -0.1) is 0 Å². The van der Waals surface area contributed by atoms with Crippen LogP contribution < -0.4 is 10.6 Å². The molecule has 0 unspecified atom stereocenters. The molecule has 2 rings (SSSR count). The number of unbranched alkanes of at least 4 members (excludes halogenated alkanes) is 1. The van der Waals surface area contributed by atoms with E-state index in [1.54, 1.807) is 0 Å². The number of hydrogen-bond donors (Lipinski definition) is 2. The fraction of sp³-hybridized carbons (Fsp3) is 0.952. The van der Waals surface area contributed by atoms with Gasteiger partial charge in [0.15, 0.2) is 5.96 Å². The molecule has 0 aromatic heterocycles. The maximum absolute atomic E-state index is 6.03. The van der Waals surface area contributed by atoms with E-state index < -0.39 is 0 Å². The van der Waals surface area contributed by atoms with Gasteiger partial charge in [-0.2, -0.15) is 0 Å². The molecule has 6 heteroatoms.